The van der Waals surface area contributed by atoms with Crippen molar-refractivity contribution in [1.82, 2.24) is 5.32 Å². The molecule has 0 aliphatic heterocycles. The Kier molecular flexibility index (Phi) is 6.74. The maximum absolute atomic E-state index is 13.3. The Morgan fingerprint density at radius 2 is 1.73 bits per heavy atom. The highest BCUT2D eigenvalue weighted by molar-refractivity contribution is 7.91. The fourth-order valence-corrected chi connectivity index (χ4v) is 4.13. The molecule has 2 aromatic rings. The third kappa shape index (κ3) is 6.48. The van der Waals surface area contributed by atoms with Crippen LogP contribution in [-0.2, 0) is 9.84 Å². The van der Waals surface area contributed by atoms with E-state index in [-0.39, 0.29) is 29.8 Å². The molecular weight excluding hydrogens is 355 g/mol. The maximum atomic E-state index is 13.3. The number of nitrogens with one attached hydrogen (secondary N) is 2. The van der Waals surface area contributed by atoms with Crippen LogP contribution in [0.25, 0.3) is 11.1 Å². The Balaban J connectivity index is 1.92. The molecule has 0 radical (unpaired) electrons. The largest absolute Gasteiger partial charge is 0.337 e. The highest BCUT2D eigenvalue weighted by atomic mass is 32.2. The van der Waals surface area contributed by atoms with Crippen molar-refractivity contribution in [1.29, 1.82) is 0 Å². The van der Waals surface area contributed by atoms with Gasteiger partial charge in [-0.05, 0) is 41.3 Å². The normalized spacial score (nSPS) is 11.4. The molecule has 5 nitrogen and oxygen atoms in total. The summed E-state index contributed by atoms with van der Waals surface area (Å²) in [5, 5.41) is 5.19. The first kappa shape index (κ1) is 19.9. The van der Waals surface area contributed by atoms with E-state index >= 15 is 0 Å². The summed E-state index contributed by atoms with van der Waals surface area (Å²) < 4.78 is 37.0. The van der Waals surface area contributed by atoms with Gasteiger partial charge in [-0.15, -0.1) is 0 Å². The monoisotopic (exact) mass is 378 g/mol. The fourth-order valence-electron chi connectivity index (χ4n) is 2.53. The van der Waals surface area contributed by atoms with Gasteiger partial charge in [0.05, 0.1) is 11.5 Å². The SMILES string of the molecule is CC(C)CS(=O)(=O)CCNC(=O)Nc1cccc(-c2cccc(F)c2)c1. The molecule has 0 unspecified atom stereocenters. The van der Waals surface area contributed by atoms with Crippen LogP contribution in [0.1, 0.15) is 13.8 Å². The summed E-state index contributed by atoms with van der Waals surface area (Å²) in [5.41, 5.74) is 2.00. The van der Waals surface area contributed by atoms with Gasteiger partial charge in [0.2, 0.25) is 0 Å². The molecule has 0 aromatic heterocycles. The third-order valence-electron chi connectivity index (χ3n) is 3.56. The van der Waals surface area contributed by atoms with Gasteiger partial charge in [0.25, 0.3) is 0 Å². The summed E-state index contributed by atoms with van der Waals surface area (Å²) in [6, 6.07) is 12.7. The van der Waals surface area contributed by atoms with Crippen LogP contribution in [-0.4, -0.2) is 32.5 Å². The summed E-state index contributed by atoms with van der Waals surface area (Å²) in [5.74, 6) is -0.269. The second-order valence-electron chi connectivity index (χ2n) is 6.48. The van der Waals surface area contributed by atoms with E-state index in [2.05, 4.69) is 10.6 Å². The lowest BCUT2D eigenvalue weighted by molar-refractivity contribution is 0.252. The molecule has 2 amide bonds. The van der Waals surface area contributed by atoms with Crippen molar-refractivity contribution in [2.24, 2.45) is 5.92 Å². The molecule has 0 fully saturated rings. The van der Waals surface area contributed by atoms with Gasteiger partial charge in [-0.2, -0.15) is 0 Å². The van der Waals surface area contributed by atoms with E-state index in [1.165, 1.54) is 12.1 Å². The predicted octanol–water partition coefficient (Wildman–Crippen LogP) is 3.69. The van der Waals surface area contributed by atoms with Crippen molar-refractivity contribution in [2.75, 3.05) is 23.4 Å². The zero-order valence-electron chi connectivity index (χ0n) is 14.8. The average molecular weight is 378 g/mol. The molecule has 0 atom stereocenters. The number of hydrogen-bond donors (Lipinski definition) is 2. The summed E-state index contributed by atoms with van der Waals surface area (Å²) in [6.45, 7) is 3.72. The van der Waals surface area contributed by atoms with E-state index in [9.17, 15) is 17.6 Å². The minimum Gasteiger partial charge on any atom is -0.337 e. The molecule has 2 aromatic carbocycles. The van der Waals surface area contributed by atoms with Crippen LogP contribution in [0, 0.1) is 11.7 Å². The maximum Gasteiger partial charge on any atom is 0.319 e. The standard InChI is InChI=1S/C19H23FN2O3S/c1-14(2)13-26(24,25)10-9-21-19(23)22-18-8-4-6-16(12-18)15-5-3-7-17(20)11-15/h3-8,11-12,14H,9-10,13H2,1-2H3,(H2,21,22,23). The molecule has 0 aliphatic rings. The Morgan fingerprint density at radius 1 is 1.08 bits per heavy atom. The van der Waals surface area contributed by atoms with E-state index in [0.717, 1.165) is 5.56 Å². The van der Waals surface area contributed by atoms with Crippen LogP contribution in [0.15, 0.2) is 48.5 Å². The Bertz CT molecular complexity index is 867. The number of carbonyl (C=O) groups is 1. The zero-order chi connectivity index (χ0) is 19.2. The topological polar surface area (TPSA) is 75.3 Å². The highest BCUT2D eigenvalue weighted by Crippen LogP contribution is 2.23. The number of hydrogen-bond acceptors (Lipinski definition) is 3. The number of benzene rings is 2. The molecule has 140 valence electrons. The molecule has 0 aliphatic carbocycles. The average Bonchev–Trinajstić information content (AvgIpc) is 2.53. The van der Waals surface area contributed by atoms with E-state index in [1.807, 2.05) is 19.9 Å². The van der Waals surface area contributed by atoms with Crippen molar-refractivity contribution < 1.29 is 17.6 Å². The minimum absolute atomic E-state index is 0.0461. The first-order chi connectivity index (χ1) is 12.2. The lowest BCUT2D eigenvalue weighted by atomic mass is 10.1. The van der Waals surface area contributed by atoms with Gasteiger partial charge in [0.1, 0.15) is 5.82 Å². The van der Waals surface area contributed by atoms with E-state index < -0.39 is 15.9 Å². The van der Waals surface area contributed by atoms with Gasteiger partial charge >= 0.3 is 6.03 Å². The number of urea groups is 1. The number of rotatable bonds is 7. The molecule has 2 N–H and O–H groups in total. The van der Waals surface area contributed by atoms with Gasteiger partial charge in [0.15, 0.2) is 9.84 Å². The molecule has 2 rings (SSSR count). The van der Waals surface area contributed by atoms with Gasteiger partial charge in [-0.1, -0.05) is 38.1 Å². The first-order valence-electron chi connectivity index (χ1n) is 8.36. The molecule has 0 spiro atoms. The van der Waals surface area contributed by atoms with Crippen LogP contribution < -0.4 is 10.6 Å². The van der Waals surface area contributed by atoms with Crippen molar-refractivity contribution >= 4 is 21.6 Å². The Morgan fingerprint density at radius 3 is 2.38 bits per heavy atom. The lowest BCUT2D eigenvalue weighted by Gasteiger charge is -2.10. The van der Waals surface area contributed by atoms with Crippen LogP contribution >= 0.6 is 0 Å². The van der Waals surface area contributed by atoms with E-state index in [0.29, 0.717) is 11.3 Å². The van der Waals surface area contributed by atoms with Crippen LogP contribution in [0.4, 0.5) is 14.9 Å². The summed E-state index contributed by atoms with van der Waals surface area (Å²) >= 11 is 0. The van der Waals surface area contributed by atoms with Gasteiger partial charge in [-0.3, -0.25) is 0 Å². The third-order valence-corrected chi connectivity index (χ3v) is 5.56. The number of anilines is 1. The molecule has 0 saturated carbocycles. The zero-order valence-corrected chi connectivity index (χ0v) is 15.6. The van der Waals surface area contributed by atoms with E-state index in [4.69, 9.17) is 0 Å². The van der Waals surface area contributed by atoms with Gasteiger partial charge < -0.3 is 10.6 Å². The number of halogens is 1. The Hall–Kier alpha value is -2.41. The highest BCUT2D eigenvalue weighted by Gasteiger charge is 2.13. The Labute approximate surface area is 153 Å². The second kappa shape index (κ2) is 8.80. The van der Waals surface area contributed by atoms with Crippen molar-refractivity contribution in [3.05, 3.63) is 54.3 Å². The number of carbonyl (C=O) groups excluding carboxylic acids is 1. The van der Waals surface area contributed by atoms with Crippen LogP contribution in [0.3, 0.4) is 0 Å². The molecule has 0 heterocycles. The van der Waals surface area contributed by atoms with Gasteiger partial charge in [0, 0.05) is 12.2 Å². The molecular formula is C19H23FN2O3S. The number of sulfone groups is 1. The van der Waals surface area contributed by atoms with E-state index in [1.54, 1.807) is 30.3 Å². The number of amides is 2. The quantitative estimate of drug-likeness (QED) is 0.772. The molecule has 0 saturated heterocycles. The molecule has 7 heteroatoms. The second-order valence-corrected chi connectivity index (χ2v) is 8.71. The van der Waals surface area contributed by atoms with Crippen LogP contribution in [0.5, 0.6) is 0 Å². The molecule has 26 heavy (non-hydrogen) atoms. The summed E-state index contributed by atoms with van der Waals surface area (Å²) in [6.07, 6.45) is 0. The lowest BCUT2D eigenvalue weighted by Crippen LogP contribution is -2.33. The fraction of sp³-hybridized carbons (Fsp3) is 0.316. The smallest absolute Gasteiger partial charge is 0.319 e. The van der Waals surface area contributed by atoms with Crippen molar-refractivity contribution in [3.63, 3.8) is 0 Å². The van der Waals surface area contributed by atoms with Gasteiger partial charge in [-0.25, -0.2) is 17.6 Å². The molecule has 0 bridgehead atoms. The summed E-state index contributed by atoms with van der Waals surface area (Å²) in [7, 11) is -3.17. The first-order valence-corrected chi connectivity index (χ1v) is 10.2. The van der Waals surface area contributed by atoms with Crippen molar-refractivity contribution in [3.8, 4) is 11.1 Å². The minimum atomic E-state index is -3.17. The predicted molar refractivity (Wildman–Crippen MR) is 102 cm³/mol. The van der Waals surface area contributed by atoms with Crippen molar-refractivity contribution in [2.45, 2.75) is 13.8 Å². The summed E-state index contributed by atoms with van der Waals surface area (Å²) in [4.78, 5) is 11.9. The van der Waals surface area contributed by atoms with Crippen LogP contribution in [0.2, 0.25) is 0 Å².